The Kier molecular flexibility index (Phi) is 4.05. The molecular formula is C12H15NO3. The number of carbonyl (C=O) groups excluding carboxylic acids is 1. The van der Waals surface area contributed by atoms with Crippen molar-refractivity contribution in [1.29, 1.82) is 0 Å². The highest BCUT2D eigenvalue weighted by Gasteiger charge is 2.14. The Morgan fingerprint density at radius 3 is 2.56 bits per heavy atom. The first-order valence-electron chi connectivity index (χ1n) is 5.19. The van der Waals surface area contributed by atoms with Gasteiger partial charge in [-0.1, -0.05) is 26.0 Å². The standard InChI is InChI=1S/C12H15NO3/c1-3-8(2)11(14)13-10-7-5-4-6-9(10)12(15)16/h4-8H,3H2,1-2H3,(H,13,14)(H,15,16)/t8-/m0/s1. The lowest BCUT2D eigenvalue weighted by Gasteiger charge is -2.11. The number of carbonyl (C=O) groups is 2. The molecule has 0 aromatic heterocycles. The molecule has 1 rings (SSSR count). The molecule has 0 aliphatic carbocycles. The zero-order chi connectivity index (χ0) is 12.1. The Balaban J connectivity index is 2.89. The number of aromatic carboxylic acids is 1. The molecule has 0 aliphatic heterocycles. The lowest BCUT2D eigenvalue weighted by Crippen LogP contribution is -2.21. The summed E-state index contributed by atoms with van der Waals surface area (Å²) in [5, 5.41) is 11.5. The summed E-state index contributed by atoms with van der Waals surface area (Å²) in [6.07, 6.45) is 0.723. The van der Waals surface area contributed by atoms with Gasteiger partial charge in [-0.2, -0.15) is 0 Å². The maximum Gasteiger partial charge on any atom is 0.337 e. The van der Waals surface area contributed by atoms with E-state index in [-0.39, 0.29) is 17.4 Å². The minimum absolute atomic E-state index is 0.110. The topological polar surface area (TPSA) is 66.4 Å². The SMILES string of the molecule is CC[C@H](C)C(=O)Nc1ccccc1C(=O)O. The maximum atomic E-state index is 11.6. The van der Waals surface area contributed by atoms with Crippen LogP contribution in [-0.2, 0) is 4.79 Å². The van der Waals surface area contributed by atoms with Gasteiger partial charge in [0.05, 0.1) is 11.3 Å². The first-order valence-corrected chi connectivity index (χ1v) is 5.19. The third kappa shape index (κ3) is 2.82. The van der Waals surface area contributed by atoms with Crippen molar-refractivity contribution in [2.75, 3.05) is 5.32 Å². The highest BCUT2D eigenvalue weighted by Crippen LogP contribution is 2.16. The summed E-state index contributed by atoms with van der Waals surface area (Å²) in [7, 11) is 0. The predicted octanol–water partition coefficient (Wildman–Crippen LogP) is 2.37. The number of amides is 1. The van der Waals surface area contributed by atoms with Gasteiger partial charge < -0.3 is 10.4 Å². The monoisotopic (exact) mass is 221 g/mol. The van der Waals surface area contributed by atoms with E-state index in [0.717, 1.165) is 6.42 Å². The molecule has 1 atom stereocenters. The van der Waals surface area contributed by atoms with Crippen LogP contribution in [-0.4, -0.2) is 17.0 Å². The van der Waals surface area contributed by atoms with Gasteiger partial charge in [-0.15, -0.1) is 0 Å². The summed E-state index contributed by atoms with van der Waals surface area (Å²) < 4.78 is 0. The van der Waals surface area contributed by atoms with Crippen molar-refractivity contribution in [2.45, 2.75) is 20.3 Å². The number of para-hydroxylation sites is 1. The fourth-order valence-electron chi connectivity index (χ4n) is 1.22. The number of benzene rings is 1. The van der Waals surface area contributed by atoms with E-state index in [2.05, 4.69) is 5.32 Å². The molecule has 1 aromatic carbocycles. The average Bonchev–Trinajstić information content (AvgIpc) is 2.28. The van der Waals surface area contributed by atoms with Crippen LogP contribution in [0.3, 0.4) is 0 Å². The highest BCUT2D eigenvalue weighted by molar-refractivity contribution is 6.00. The van der Waals surface area contributed by atoms with Gasteiger partial charge in [0.2, 0.25) is 5.91 Å². The molecule has 16 heavy (non-hydrogen) atoms. The fourth-order valence-corrected chi connectivity index (χ4v) is 1.22. The van der Waals surface area contributed by atoms with Crippen molar-refractivity contribution in [1.82, 2.24) is 0 Å². The third-order valence-corrected chi connectivity index (χ3v) is 2.48. The van der Waals surface area contributed by atoms with E-state index in [0.29, 0.717) is 5.69 Å². The number of carboxylic acid groups (broad SMARTS) is 1. The van der Waals surface area contributed by atoms with Gasteiger partial charge in [-0.05, 0) is 18.6 Å². The van der Waals surface area contributed by atoms with Gasteiger partial charge in [-0.3, -0.25) is 4.79 Å². The Morgan fingerprint density at radius 1 is 1.38 bits per heavy atom. The maximum absolute atomic E-state index is 11.6. The first-order chi connectivity index (χ1) is 7.56. The summed E-state index contributed by atoms with van der Waals surface area (Å²) in [5.41, 5.74) is 0.458. The second kappa shape index (κ2) is 5.30. The zero-order valence-corrected chi connectivity index (χ0v) is 9.36. The van der Waals surface area contributed by atoms with Crippen molar-refractivity contribution in [3.63, 3.8) is 0 Å². The Hall–Kier alpha value is -1.84. The molecule has 86 valence electrons. The summed E-state index contributed by atoms with van der Waals surface area (Å²) in [4.78, 5) is 22.5. The number of rotatable bonds is 4. The van der Waals surface area contributed by atoms with Gasteiger partial charge in [0, 0.05) is 5.92 Å². The molecule has 0 radical (unpaired) electrons. The molecule has 0 aliphatic rings. The van der Waals surface area contributed by atoms with Gasteiger partial charge in [0.1, 0.15) is 0 Å². The molecule has 0 unspecified atom stereocenters. The van der Waals surface area contributed by atoms with E-state index < -0.39 is 5.97 Å². The summed E-state index contributed by atoms with van der Waals surface area (Å²) >= 11 is 0. The first kappa shape index (κ1) is 12.2. The van der Waals surface area contributed by atoms with Crippen LogP contribution in [0.4, 0.5) is 5.69 Å². The van der Waals surface area contributed by atoms with Crippen LogP contribution in [0.2, 0.25) is 0 Å². The van der Waals surface area contributed by atoms with E-state index in [9.17, 15) is 9.59 Å². The van der Waals surface area contributed by atoms with Crippen LogP contribution < -0.4 is 5.32 Å². The van der Waals surface area contributed by atoms with Crippen LogP contribution in [0.5, 0.6) is 0 Å². The lowest BCUT2D eigenvalue weighted by atomic mass is 10.1. The lowest BCUT2D eigenvalue weighted by molar-refractivity contribution is -0.119. The molecule has 0 saturated heterocycles. The number of carboxylic acids is 1. The number of hydrogen-bond donors (Lipinski definition) is 2. The summed E-state index contributed by atoms with van der Waals surface area (Å²) in [6, 6.07) is 6.37. The Bertz CT molecular complexity index is 401. The molecule has 4 heteroatoms. The fraction of sp³-hybridized carbons (Fsp3) is 0.333. The van der Waals surface area contributed by atoms with Crippen LogP contribution >= 0.6 is 0 Å². The van der Waals surface area contributed by atoms with Gasteiger partial charge in [0.25, 0.3) is 0 Å². The Morgan fingerprint density at radius 2 is 2.00 bits per heavy atom. The smallest absolute Gasteiger partial charge is 0.337 e. The normalized spacial score (nSPS) is 11.9. The Labute approximate surface area is 94.3 Å². The molecule has 1 aromatic rings. The van der Waals surface area contributed by atoms with E-state index in [1.165, 1.54) is 6.07 Å². The molecule has 0 saturated carbocycles. The molecule has 1 amide bonds. The number of nitrogens with one attached hydrogen (secondary N) is 1. The predicted molar refractivity (Wildman–Crippen MR) is 61.5 cm³/mol. The third-order valence-electron chi connectivity index (χ3n) is 2.48. The van der Waals surface area contributed by atoms with Crippen LogP contribution in [0.1, 0.15) is 30.6 Å². The van der Waals surface area contributed by atoms with Gasteiger partial charge in [-0.25, -0.2) is 4.79 Å². The van der Waals surface area contributed by atoms with Crippen molar-refractivity contribution in [3.8, 4) is 0 Å². The van der Waals surface area contributed by atoms with Crippen LogP contribution in [0.25, 0.3) is 0 Å². The number of hydrogen-bond acceptors (Lipinski definition) is 2. The highest BCUT2D eigenvalue weighted by atomic mass is 16.4. The quantitative estimate of drug-likeness (QED) is 0.820. The van der Waals surface area contributed by atoms with Gasteiger partial charge in [0.15, 0.2) is 0 Å². The molecule has 0 spiro atoms. The number of anilines is 1. The van der Waals surface area contributed by atoms with E-state index in [1.54, 1.807) is 25.1 Å². The minimum atomic E-state index is -1.04. The van der Waals surface area contributed by atoms with Crippen LogP contribution in [0, 0.1) is 5.92 Å². The van der Waals surface area contributed by atoms with E-state index in [4.69, 9.17) is 5.11 Å². The molecular weight excluding hydrogens is 206 g/mol. The van der Waals surface area contributed by atoms with Crippen molar-refractivity contribution >= 4 is 17.6 Å². The van der Waals surface area contributed by atoms with Crippen molar-refractivity contribution in [2.24, 2.45) is 5.92 Å². The molecule has 0 bridgehead atoms. The van der Waals surface area contributed by atoms with E-state index >= 15 is 0 Å². The molecule has 2 N–H and O–H groups in total. The van der Waals surface area contributed by atoms with Gasteiger partial charge >= 0.3 is 5.97 Å². The minimum Gasteiger partial charge on any atom is -0.478 e. The molecule has 0 fully saturated rings. The second-order valence-electron chi connectivity index (χ2n) is 3.65. The summed E-state index contributed by atoms with van der Waals surface area (Å²) in [6.45, 7) is 3.71. The zero-order valence-electron chi connectivity index (χ0n) is 9.36. The van der Waals surface area contributed by atoms with Crippen molar-refractivity contribution in [3.05, 3.63) is 29.8 Å². The van der Waals surface area contributed by atoms with Crippen LogP contribution in [0.15, 0.2) is 24.3 Å². The second-order valence-corrected chi connectivity index (χ2v) is 3.65. The van der Waals surface area contributed by atoms with Crippen molar-refractivity contribution < 1.29 is 14.7 Å². The largest absolute Gasteiger partial charge is 0.478 e. The van der Waals surface area contributed by atoms with E-state index in [1.807, 2.05) is 6.92 Å². The molecule has 0 heterocycles. The average molecular weight is 221 g/mol. The summed E-state index contributed by atoms with van der Waals surface area (Å²) in [5.74, 6) is -1.32. The molecule has 4 nitrogen and oxygen atoms in total.